The zero-order valence-electron chi connectivity index (χ0n) is 10.5. The summed E-state index contributed by atoms with van der Waals surface area (Å²) in [5, 5.41) is 10.4. The largest absolute Gasteiger partial charge is 0.391 e. The Balaban J connectivity index is 1.86. The van der Waals surface area contributed by atoms with Crippen molar-refractivity contribution in [2.45, 2.75) is 25.4 Å². The quantitative estimate of drug-likeness (QED) is 0.888. The van der Waals surface area contributed by atoms with Crippen LogP contribution in [0.4, 0.5) is 0 Å². The van der Waals surface area contributed by atoms with Crippen LogP contribution in [0.5, 0.6) is 0 Å². The molecule has 1 atom stereocenters. The molecule has 1 saturated carbocycles. The number of carbonyl (C=O) groups is 1. The highest BCUT2D eigenvalue weighted by atomic mass is 35.5. The Bertz CT molecular complexity index is 432. The summed E-state index contributed by atoms with van der Waals surface area (Å²) in [7, 11) is 1.73. The zero-order valence-corrected chi connectivity index (χ0v) is 11.2. The second kappa shape index (κ2) is 5.72. The molecule has 1 amide bonds. The molecule has 0 aliphatic heterocycles. The number of aliphatic hydroxyl groups is 1. The minimum absolute atomic E-state index is 0.0111. The lowest BCUT2D eigenvalue weighted by molar-refractivity contribution is -0.130. The second-order valence-electron chi connectivity index (χ2n) is 4.99. The summed E-state index contributed by atoms with van der Waals surface area (Å²) in [5.41, 5.74) is 0.903. The summed E-state index contributed by atoms with van der Waals surface area (Å²) in [6.07, 6.45) is 2.11. The Morgan fingerprint density at radius 2 is 2.28 bits per heavy atom. The molecule has 1 unspecified atom stereocenters. The van der Waals surface area contributed by atoms with Gasteiger partial charge in [-0.05, 0) is 36.5 Å². The molecule has 1 aromatic rings. The number of benzene rings is 1. The molecule has 1 N–H and O–H groups in total. The smallest absolute Gasteiger partial charge is 0.226 e. The van der Waals surface area contributed by atoms with E-state index in [1.807, 2.05) is 12.1 Å². The first-order valence-electron chi connectivity index (χ1n) is 6.22. The van der Waals surface area contributed by atoms with Gasteiger partial charge in [0.1, 0.15) is 0 Å². The minimum Gasteiger partial charge on any atom is -0.391 e. The molecule has 1 aromatic carbocycles. The number of rotatable bonds is 5. The van der Waals surface area contributed by atoms with Gasteiger partial charge < -0.3 is 10.0 Å². The van der Waals surface area contributed by atoms with Crippen molar-refractivity contribution in [2.75, 3.05) is 13.6 Å². The highest BCUT2D eigenvalue weighted by molar-refractivity contribution is 6.30. The van der Waals surface area contributed by atoms with Crippen LogP contribution in [0.3, 0.4) is 0 Å². The molecule has 18 heavy (non-hydrogen) atoms. The highest BCUT2D eigenvalue weighted by Crippen LogP contribution is 2.32. The normalized spacial score (nSPS) is 16.4. The molecule has 0 saturated heterocycles. The maximum atomic E-state index is 12.0. The van der Waals surface area contributed by atoms with Gasteiger partial charge in [-0.3, -0.25) is 4.79 Å². The third kappa shape index (κ3) is 3.72. The molecular formula is C14H18ClNO2. The molecule has 1 aliphatic rings. The Morgan fingerprint density at radius 1 is 1.56 bits per heavy atom. The van der Waals surface area contributed by atoms with Crippen LogP contribution in [-0.4, -0.2) is 35.6 Å². The van der Waals surface area contributed by atoms with E-state index in [0.717, 1.165) is 18.4 Å². The van der Waals surface area contributed by atoms with Crippen LogP contribution in [0.1, 0.15) is 18.4 Å². The van der Waals surface area contributed by atoms with Crippen molar-refractivity contribution in [3.8, 4) is 0 Å². The first-order valence-corrected chi connectivity index (χ1v) is 6.60. The summed E-state index contributed by atoms with van der Waals surface area (Å²) >= 11 is 5.88. The molecule has 2 rings (SSSR count). The van der Waals surface area contributed by atoms with Gasteiger partial charge in [0.05, 0.1) is 12.5 Å². The Kier molecular flexibility index (Phi) is 4.25. The fourth-order valence-corrected chi connectivity index (χ4v) is 2.18. The Labute approximate surface area is 112 Å². The van der Waals surface area contributed by atoms with Crippen LogP contribution in [0, 0.1) is 5.92 Å². The van der Waals surface area contributed by atoms with E-state index in [-0.39, 0.29) is 12.0 Å². The SMILES string of the molecule is CN(CC(O)C1CC1)C(=O)Cc1cccc(Cl)c1. The van der Waals surface area contributed by atoms with Crippen molar-refractivity contribution in [1.29, 1.82) is 0 Å². The number of halogens is 1. The van der Waals surface area contributed by atoms with Crippen molar-refractivity contribution in [3.63, 3.8) is 0 Å². The van der Waals surface area contributed by atoms with Gasteiger partial charge in [0.2, 0.25) is 5.91 Å². The first kappa shape index (κ1) is 13.4. The first-order chi connectivity index (χ1) is 8.56. The molecule has 0 aromatic heterocycles. The van der Waals surface area contributed by atoms with Crippen LogP contribution in [0.2, 0.25) is 5.02 Å². The number of hydrogen-bond acceptors (Lipinski definition) is 2. The molecule has 4 heteroatoms. The van der Waals surface area contributed by atoms with Crippen LogP contribution in [0.15, 0.2) is 24.3 Å². The molecule has 1 fully saturated rings. The lowest BCUT2D eigenvalue weighted by atomic mass is 10.1. The number of hydrogen-bond donors (Lipinski definition) is 1. The average Bonchev–Trinajstić information content (AvgIpc) is 3.12. The van der Waals surface area contributed by atoms with Gasteiger partial charge in [-0.2, -0.15) is 0 Å². The van der Waals surface area contributed by atoms with E-state index in [2.05, 4.69) is 0 Å². The third-order valence-electron chi connectivity index (χ3n) is 3.30. The second-order valence-corrected chi connectivity index (χ2v) is 5.42. The molecule has 0 radical (unpaired) electrons. The van der Waals surface area contributed by atoms with Crippen molar-refractivity contribution >= 4 is 17.5 Å². The number of aliphatic hydroxyl groups excluding tert-OH is 1. The number of nitrogens with zero attached hydrogens (tertiary/aromatic N) is 1. The molecule has 0 spiro atoms. The predicted molar refractivity (Wildman–Crippen MR) is 71.5 cm³/mol. The molecule has 1 aliphatic carbocycles. The van der Waals surface area contributed by atoms with E-state index in [9.17, 15) is 9.90 Å². The standard InChI is InChI=1S/C14H18ClNO2/c1-16(9-13(17)11-5-6-11)14(18)8-10-3-2-4-12(15)7-10/h2-4,7,11,13,17H,5-6,8-9H2,1H3. The Morgan fingerprint density at radius 3 is 2.89 bits per heavy atom. The maximum absolute atomic E-state index is 12.0. The van der Waals surface area contributed by atoms with Gasteiger partial charge in [-0.25, -0.2) is 0 Å². The molecule has 0 heterocycles. The van der Waals surface area contributed by atoms with Gasteiger partial charge in [0.25, 0.3) is 0 Å². The van der Waals surface area contributed by atoms with Gasteiger partial charge in [0, 0.05) is 18.6 Å². The summed E-state index contributed by atoms with van der Waals surface area (Å²) in [6.45, 7) is 0.421. The monoisotopic (exact) mass is 267 g/mol. The summed E-state index contributed by atoms with van der Waals surface area (Å²) in [6, 6.07) is 7.31. The lowest BCUT2D eigenvalue weighted by Gasteiger charge is -2.20. The summed E-state index contributed by atoms with van der Waals surface area (Å²) < 4.78 is 0. The average molecular weight is 268 g/mol. The molecule has 98 valence electrons. The topological polar surface area (TPSA) is 40.5 Å². The van der Waals surface area contributed by atoms with E-state index in [1.165, 1.54) is 0 Å². The summed E-state index contributed by atoms with van der Waals surface area (Å²) in [4.78, 5) is 13.6. The molecular weight excluding hydrogens is 250 g/mol. The van der Waals surface area contributed by atoms with Gasteiger partial charge >= 0.3 is 0 Å². The van der Waals surface area contributed by atoms with Gasteiger partial charge in [-0.1, -0.05) is 23.7 Å². The predicted octanol–water partition coefficient (Wildman–Crippen LogP) is 2.11. The highest BCUT2D eigenvalue weighted by Gasteiger charge is 2.31. The molecule has 0 bridgehead atoms. The van der Waals surface area contributed by atoms with E-state index < -0.39 is 0 Å². The van der Waals surface area contributed by atoms with E-state index in [1.54, 1.807) is 24.1 Å². The third-order valence-corrected chi connectivity index (χ3v) is 3.53. The van der Waals surface area contributed by atoms with E-state index in [4.69, 9.17) is 11.6 Å². The van der Waals surface area contributed by atoms with Crippen LogP contribution in [0.25, 0.3) is 0 Å². The fraction of sp³-hybridized carbons (Fsp3) is 0.500. The van der Waals surface area contributed by atoms with Crippen molar-refractivity contribution in [3.05, 3.63) is 34.9 Å². The van der Waals surface area contributed by atoms with E-state index in [0.29, 0.717) is 23.9 Å². The Hall–Kier alpha value is -1.06. The number of likely N-dealkylation sites (N-methyl/N-ethyl adjacent to an activating group) is 1. The van der Waals surface area contributed by atoms with Crippen LogP contribution in [-0.2, 0) is 11.2 Å². The summed E-state index contributed by atoms with van der Waals surface area (Å²) in [5.74, 6) is 0.406. The van der Waals surface area contributed by atoms with Crippen LogP contribution >= 0.6 is 11.6 Å². The molecule has 3 nitrogen and oxygen atoms in total. The van der Waals surface area contributed by atoms with Crippen molar-refractivity contribution in [2.24, 2.45) is 5.92 Å². The van der Waals surface area contributed by atoms with Crippen molar-refractivity contribution in [1.82, 2.24) is 4.90 Å². The van der Waals surface area contributed by atoms with Gasteiger partial charge in [-0.15, -0.1) is 0 Å². The minimum atomic E-state index is -0.377. The number of amides is 1. The fourth-order valence-electron chi connectivity index (χ4n) is 1.97. The van der Waals surface area contributed by atoms with Gasteiger partial charge in [0.15, 0.2) is 0 Å². The zero-order chi connectivity index (χ0) is 13.1. The van der Waals surface area contributed by atoms with Crippen molar-refractivity contribution < 1.29 is 9.90 Å². The van der Waals surface area contributed by atoms with E-state index >= 15 is 0 Å². The lowest BCUT2D eigenvalue weighted by Crippen LogP contribution is -2.36. The maximum Gasteiger partial charge on any atom is 0.226 e. The van der Waals surface area contributed by atoms with Crippen LogP contribution < -0.4 is 0 Å². The number of carbonyl (C=O) groups excluding carboxylic acids is 1.